The summed E-state index contributed by atoms with van der Waals surface area (Å²) in [5.41, 5.74) is 1.25. The fraction of sp³-hybridized carbons (Fsp3) is 0.550. The zero-order valence-electron chi connectivity index (χ0n) is 14.8. The van der Waals surface area contributed by atoms with Gasteiger partial charge < -0.3 is 4.74 Å². The molecular weight excluding hydrogens is 418 g/mol. The van der Waals surface area contributed by atoms with Crippen molar-refractivity contribution in [3.05, 3.63) is 43.3 Å². The fourth-order valence-electron chi connectivity index (χ4n) is 2.28. The minimum absolute atomic E-state index is 0.0600. The van der Waals surface area contributed by atoms with Gasteiger partial charge in [-0.05, 0) is 31.9 Å². The summed E-state index contributed by atoms with van der Waals surface area (Å²) >= 11 is -0.342. The van der Waals surface area contributed by atoms with Crippen molar-refractivity contribution in [3.63, 3.8) is 0 Å². The van der Waals surface area contributed by atoms with Crippen LogP contribution in [0.25, 0.3) is 0 Å². The summed E-state index contributed by atoms with van der Waals surface area (Å²) in [5.74, 6) is -0.139. The second-order valence-electron chi connectivity index (χ2n) is 6.03. The van der Waals surface area contributed by atoms with E-state index in [4.69, 9.17) is 4.74 Å². The lowest BCUT2D eigenvalue weighted by molar-refractivity contribution is -0.558. The number of allylic oxidation sites excluding steroid dienone is 1. The summed E-state index contributed by atoms with van der Waals surface area (Å²) < 4.78 is 21.8. The number of carbonyl (C=O) groups is 1. The Morgan fingerprint density at radius 1 is 1.04 bits per heavy atom. The average Bonchev–Trinajstić information content (AvgIpc) is 2.55. The first-order valence-corrected chi connectivity index (χ1v) is 11.1. The van der Waals surface area contributed by atoms with Crippen LogP contribution in [0.15, 0.2) is 34.2 Å². The number of aryl methyl sites for hydroxylation is 1. The standard InChI is InChI=1S/C20H29FIO2/c1-17-11-13-20(14-12-17)22-16-19(21)10-8-6-4-3-5-7-9-15-24-18(2)23/h11-14,16H,3-10,15H2,1-2H3/q+1/b19-16+. The molecule has 4 heteroatoms. The van der Waals surface area contributed by atoms with Crippen LogP contribution >= 0.6 is 0 Å². The summed E-state index contributed by atoms with van der Waals surface area (Å²) in [6.07, 6.45) is 8.16. The van der Waals surface area contributed by atoms with Crippen molar-refractivity contribution < 1.29 is 35.1 Å². The molecule has 0 aliphatic rings. The molecule has 0 unspecified atom stereocenters. The van der Waals surface area contributed by atoms with E-state index in [1.54, 1.807) is 0 Å². The molecule has 0 radical (unpaired) electrons. The molecule has 1 aromatic carbocycles. The van der Waals surface area contributed by atoms with Gasteiger partial charge in [0, 0.05) is 13.3 Å². The molecule has 134 valence electrons. The fourth-order valence-corrected chi connectivity index (χ4v) is 4.06. The number of hydrogen-bond donors (Lipinski definition) is 0. The molecule has 0 heterocycles. The van der Waals surface area contributed by atoms with Crippen LogP contribution in [0, 0.1) is 10.5 Å². The highest BCUT2D eigenvalue weighted by Gasteiger charge is 2.10. The molecule has 0 aromatic heterocycles. The van der Waals surface area contributed by atoms with Gasteiger partial charge in [0.2, 0.25) is 0 Å². The third-order valence-corrected chi connectivity index (χ3v) is 6.10. The number of benzene rings is 1. The monoisotopic (exact) mass is 447 g/mol. The Balaban J connectivity index is 1.97. The summed E-state index contributed by atoms with van der Waals surface area (Å²) in [5, 5.41) is 0. The van der Waals surface area contributed by atoms with Crippen molar-refractivity contribution in [1.82, 2.24) is 0 Å². The SMILES string of the molecule is CC(=O)OCCCCCCCCC/C(F)=C\[I+]c1ccc(C)cc1. The Morgan fingerprint density at radius 2 is 1.62 bits per heavy atom. The first-order valence-electron chi connectivity index (χ1n) is 8.76. The molecule has 0 saturated carbocycles. The van der Waals surface area contributed by atoms with Gasteiger partial charge in [0.1, 0.15) is 5.83 Å². The summed E-state index contributed by atoms with van der Waals surface area (Å²) in [6, 6.07) is 8.39. The highest BCUT2D eigenvalue weighted by molar-refractivity contribution is 5.65. The molecule has 0 amide bonds. The van der Waals surface area contributed by atoms with E-state index in [0.717, 1.165) is 32.1 Å². The summed E-state index contributed by atoms with van der Waals surface area (Å²) in [4.78, 5) is 10.6. The largest absolute Gasteiger partial charge is 0.466 e. The van der Waals surface area contributed by atoms with E-state index in [1.165, 1.54) is 28.9 Å². The van der Waals surface area contributed by atoms with Crippen molar-refractivity contribution >= 4 is 5.97 Å². The molecule has 0 bridgehead atoms. The predicted molar refractivity (Wildman–Crippen MR) is 92.6 cm³/mol. The van der Waals surface area contributed by atoms with Crippen molar-refractivity contribution in [2.24, 2.45) is 0 Å². The van der Waals surface area contributed by atoms with Crippen LogP contribution in [-0.4, -0.2) is 12.6 Å². The number of rotatable bonds is 12. The Morgan fingerprint density at radius 3 is 2.25 bits per heavy atom. The second kappa shape index (κ2) is 13.4. The van der Waals surface area contributed by atoms with E-state index >= 15 is 0 Å². The maximum Gasteiger partial charge on any atom is 0.352 e. The predicted octanol–water partition coefficient (Wildman–Crippen LogP) is 2.75. The number of hydrogen-bond acceptors (Lipinski definition) is 2. The molecule has 0 spiro atoms. The number of unbranched alkanes of at least 4 members (excludes halogenated alkanes) is 6. The third kappa shape index (κ3) is 11.6. The minimum Gasteiger partial charge on any atom is -0.466 e. The number of halogens is 2. The van der Waals surface area contributed by atoms with E-state index in [2.05, 4.69) is 31.2 Å². The Labute approximate surface area is 156 Å². The molecule has 1 aromatic rings. The molecule has 0 atom stereocenters. The van der Waals surface area contributed by atoms with Crippen LogP contribution in [0.5, 0.6) is 0 Å². The van der Waals surface area contributed by atoms with Crippen molar-refractivity contribution in [3.8, 4) is 0 Å². The highest BCUT2D eigenvalue weighted by atomic mass is 127. The molecule has 0 aliphatic heterocycles. The van der Waals surface area contributed by atoms with Gasteiger partial charge in [-0.25, -0.2) is 4.39 Å². The molecular formula is C20H29FIO2+. The van der Waals surface area contributed by atoms with E-state index in [9.17, 15) is 9.18 Å². The van der Waals surface area contributed by atoms with Crippen LogP contribution in [-0.2, 0) is 9.53 Å². The lowest BCUT2D eigenvalue weighted by Crippen LogP contribution is -3.59. The molecule has 0 saturated heterocycles. The van der Waals surface area contributed by atoms with Crippen LogP contribution in [0.4, 0.5) is 4.39 Å². The normalized spacial score (nSPS) is 11.5. The molecule has 0 N–H and O–H groups in total. The lowest BCUT2D eigenvalue weighted by Gasteiger charge is -2.02. The topological polar surface area (TPSA) is 26.3 Å². The summed E-state index contributed by atoms with van der Waals surface area (Å²) in [6.45, 7) is 4.05. The second-order valence-corrected chi connectivity index (χ2v) is 8.52. The van der Waals surface area contributed by atoms with Gasteiger partial charge in [-0.15, -0.1) is 0 Å². The van der Waals surface area contributed by atoms with Gasteiger partial charge in [-0.3, -0.25) is 4.79 Å². The van der Waals surface area contributed by atoms with Gasteiger partial charge in [0.15, 0.2) is 7.65 Å². The van der Waals surface area contributed by atoms with Crippen LogP contribution < -0.4 is 21.2 Å². The zero-order chi connectivity index (χ0) is 17.6. The number of esters is 1. The first-order chi connectivity index (χ1) is 11.6. The van der Waals surface area contributed by atoms with Crippen LogP contribution in [0.2, 0.25) is 0 Å². The van der Waals surface area contributed by atoms with Crippen molar-refractivity contribution in [2.75, 3.05) is 6.61 Å². The van der Waals surface area contributed by atoms with E-state index in [1.807, 2.05) is 4.08 Å². The van der Waals surface area contributed by atoms with Gasteiger partial charge in [-0.2, -0.15) is 0 Å². The Kier molecular flexibility index (Phi) is 11.8. The molecule has 0 aliphatic carbocycles. The summed E-state index contributed by atoms with van der Waals surface area (Å²) in [7, 11) is 0. The molecule has 2 nitrogen and oxygen atoms in total. The van der Waals surface area contributed by atoms with Gasteiger partial charge in [0.05, 0.1) is 6.61 Å². The van der Waals surface area contributed by atoms with Crippen LogP contribution in [0.1, 0.15) is 63.9 Å². The third-order valence-electron chi connectivity index (χ3n) is 3.68. The van der Waals surface area contributed by atoms with E-state index in [0.29, 0.717) is 13.0 Å². The first kappa shape index (κ1) is 21.1. The smallest absolute Gasteiger partial charge is 0.352 e. The Bertz CT molecular complexity index is 497. The zero-order valence-corrected chi connectivity index (χ0v) is 17.0. The maximum atomic E-state index is 13.8. The van der Waals surface area contributed by atoms with Gasteiger partial charge >= 0.3 is 27.2 Å². The highest BCUT2D eigenvalue weighted by Crippen LogP contribution is 2.12. The van der Waals surface area contributed by atoms with E-state index < -0.39 is 0 Å². The number of ether oxygens (including phenoxy) is 1. The Hall–Kier alpha value is -0.910. The molecule has 24 heavy (non-hydrogen) atoms. The molecule has 1 rings (SSSR count). The van der Waals surface area contributed by atoms with Crippen molar-refractivity contribution in [2.45, 2.75) is 65.2 Å². The van der Waals surface area contributed by atoms with Crippen LogP contribution in [0.3, 0.4) is 0 Å². The number of carbonyl (C=O) groups excluding carboxylic acids is 1. The van der Waals surface area contributed by atoms with Crippen molar-refractivity contribution in [1.29, 1.82) is 0 Å². The average molecular weight is 447 g/mol. The van der Waals surface area contributed by atoms with E-state index in [-0.39, 0.29) is 33.0 Å². The van der Waals surface area contributed by atoms with Gasteiger partial charge in [0.25, 0.3) is 0 Å². The lowest BCUT2D eigenvalue weighted by atomic mass is 10.1. The quantitative estimate of drug-likeness (QED) is 0.280. The maximum absolute atomic E-state index is 13.8. The minimum atomic E-state index is -0.342. The molecule has 0 fully saturated rings. The van der Waals surface area contributed by atoms with Gasteiger partial charge in [-0.1, -0.05) is 49.8 Å².